The van der Waals surface area contributed by atoms with Gasteiger partial charge in [0, 0.05) is 11.9 Å². The van der Waals surface area contributed by atoms with Gasteiger partial charge in [-0.3, -0.25) is 4.21 Å². The van der Waals surface area contributed by atoms with Crippen LogP contribution in [0.1, 0.15) is 19.8 Å². The molecule has 6 heteroatoms. The van der Waals surface area contributed by atoms with Gasteiger partial charge in [0.25, 0.3) is 0 Å². The lowest BCUT2D eigenvalue weighted by Crippen LogP contribution is -1.96. The summed E-state index contributed by atoms with van der Waals surface area (Å²) in [5.41, 5.74) is 0.634. The van der Waals surface area contributed by atoms with Crippen LogP contribution in [-0.2, 0) is 10.8 Å². The molecule has 0 amide bonds. The van der Waals surface area contributed by atoms with E-state index in [-0.39, 0.29) is 0 Å². The predicted octanol–water partition coefficient (Wildman–Crippen LogP) is 3.25. The Bertz CT molecular complexity index is 527. The third-order valence-electron chi connectivity index (χ3n) is 2.07. The van der Waals surface area contributed by atoms with Crippen LogP contribution in [0.25, 0.3) is 10.3 Å². The van der Waals surface area contributed by atoms with Crippen LogP contribution in [0, 0.1) is 0 Å². The molecule has 0 bridgehead atoms. The molecule has 1 atom stereocenters. The van der Waals surface area contributed by atoms with Crippen molar-refractivity contribution in [2.75, 3.05) is 5.75 Å². The van der Waals surface area contributed by atoms with Crippen molar-refractivity contribution < 1.29 is 4.21 Å². The Kier molecular flexibility index (Phi) is 3.89. The van der Waals surface area contributed by atoms with Gasteiger partial charge in [-0.1, -0.05) is 24.9 Å². The maximum atomic E-state index is 11.9. The summed E-state index contributed by atoms with van der Waals surface area (Å²) in [4.78, 5) is 8.35. The molecule has 86 valence electrons. The smallest absolute Gasteiger partial charge is 0.183 e. The summed E-state index contributed by atoms with van der Waals surface area (Å²) in [6.07, 6.45) is 3.56. The van der Waals surface area contributed by atoms with Crippen LogP contribution >= 0.6 is 22.9 Å². The molecule has 2 heterocycles. The average molecular weight is 275 g/mol. The fraction of sp³-hybridized carbons (Fsp3) is 0.400. The van der Waals surface area contributed by atoms with Crippen molar-refractivity contribution >= 4 is 44.1 Å². The summed E-state index contributed by atoms with van der Waals surface area (Å²) in [7, 11) is -0.998. The van der Waals surface area contributed by atoms with E-state index in [9.17, 15) is 4.21 Å². The van der Waals surface area contributed by atoms with Gasteiger partial charge < -0.3 is 0 Å². The van der Waals surface area contributed by atoms with Crippen molar-refractivity contribution in [3.63, 3.8) is 0 Å². The fourth-order valence-corrected chi connectivity index (χ4v) is 3.96. The molecule has 0 saturated carbocycles. The maximum absolute atomic E-state index is 11.9. The first kappa shape index (κ1) is 12.0. The maximum Gasteiger partial charge on any atom is 0.183 e. The second-order valence-electron chi connectivity index (χ2n) is 3.36. The van der Waals surface area contributed by atoms with E-state index in [1.807, 2.05) is 6.07 Å². The fourth-order valence-electron chi connectivity index (χ4n) is 1.24. The van der Waals surface area contributed by atoms with Crippen molar-refractivity contribution in [3.8, 4) is 0 Å². The molecule has 0 aromatic carbocycles. The van der Waals surface area contributed by atoms with E-state index in [4.69, 9.17) is 11.6 Å². The highest BCUT2D eigenvalue weighted by Gasteiger charge is 2.11. The lowest BCUT2D eigenvalue weighted by Gasteiger charge is -1.93. The summed E-state index contributed by atoms with van der Waals surface area (Å²) in [6.45, 7) is 2.08. The Balaban J connectivity index is 2.28. The Morgan fingerprint density at radius 1 is 1.56 bits per heavy atom. The summed E-state index contributed by atoms with van der Waals surface area (Å²) in [5, 5.41) is 0.585. The van der Waals surface area contributed by atoms with Crippen LogP contribution in [0.4, 0.5) is 0 Å². The van der Waals surface area contributed by atoms with E-state index in [0.29, 0.717) is 20.8 Å². The van der Waals surface area contributed by atoms with Gasteiger partial charge in [0.2, 0.25) is 0 Å². The summed E-state index contributed by atoms with van der Waals surface area (Å²) in [6, 6.07) is 1.81. The molecule has 2 aromatic rings. The van der Waals surface area contributed by atoms with Gasteiger partial charge in [0.1, 0.15) is 0 Å². The molecule has 0 aliphatic carbocycles. The van der Waals surface area contributed by atoms with E-state index < -0.39 is 10.8 Å². The molecule has 0 fully saturated rings. The van der Waals surface area contributed by atoms with Crippen molar-refractivity contribution in [2.24, 2.45) is 0 Å². The van der Waals surface area contributed by atoms with E-state index in [2.05, 4.69) is 16.9 Å². The molecule has 0 saturated heterocycles. The number of thiazole rings is 1. The summed E-state index contributed by atoms with van der Waals surface area (Å²) >= 11 is 7.24. The van der Waals surface area contributed by atoms with Gasteiger partial charge in [-0.25, -0.2) is 9.97 Å². The Hall–Kier alpha value is -0.520. The highest BCUT2D eigenvalue weighted by Crippen LogP contribution is 2.25. The predicted molar refractivity (Wildman–Crippen MR) is 68.6 cm³/mol. The standard InChI is InChI=1S/C10H11ClN2OS2/c1-2-3-4-16(14)10-13-9-8(15-10)5-7(11)6-12-9/h5-6H,2-4H2,1H3. The number of aromatic nitrogens is 2. The highest BCUT2D eigenvalue weighted by molar-refractivity contribution is 7.87. The Morgan fingerprint density at radius 2 is 2.38 bits per heavy atom. The molecule has 0 aliphatic rings. The molecular weight excluding hydrogens is 264 g/mol. The molecule has 0 spiro atoms. The molecule has 1 unspecified atom stereocenters. The van der Waals surface area contributed by atoms with Crippen LogP contribution in [0.2, 0.25) is 5.02 Å². The summed E-state index contributed by atoms with van der Waals surface area (Å²) in [5.74, 6) is 0.671. The number of nitrogens with zero attached hydrogens (tertiary/aromatic N) is 2. The van der Waals surface area contributed by atoms with Crippen molar-refractivity contribution in [2.45, 2.75) is 24.1 Å². The zero-order chi connectivity index (χ0) is 11.5. The normalized spacial score (nSPS) is 13.1. The average Bonchev–Trinajstić information content (AvgIpc) is 2.68. The molecule has 2 aromatic heterocycles. The largest absolute Gasteiger partial charge is 0.252 e. The molecule has 3 nitrogen and oxygen atoms in total. The lowest BCUT2D eigenvalue weighted by molar-refractivity contribution is 0.679. The van der Waals surface area contributed by atoms with Crippen LogP contribution < -0.4 is 0 Å². The van der Waals surface area contributed by atoms with Gasteiger partial charge >= 0.3 is 0 Å². The first-order valence-electron chi connectivity index (χ1n) is 5.01. The van der Waals surface area contributed by atoms with Gasteiger partial charge in [-0.2, -0.15) is 0 Å². The minimum atomic E-state index is -0.998. The molecule has 0 aliphatic heterocycles. The van der Waals surface area contributed by atoms with Crippen molar-refractivity contribution in [1.82, 2.24) is 9.97 Å². The van der Waals surface area contributed by atoms with E-state index in [1.165, 1.54) is 11.3 Å². The van der Waals surface area contributed by atoms with Crippen LogP contribution in [0.3, 0.4) is 0 Å². The molecule has 2 rings (SSSR count). The second-order valence-corrected chi connectivity index (χ2v) is 6.57. The third kappa shape index (κ3) is 2.59. The zero-order valence-electron chi connectivity index (χ0n) is 8.77. The van der Waals surface area contributed by atoms with E-state index in [1.54, 1.807) is 6.20 Å². The van der Waals surface area contributed by atoms with Crippen LogP contribution in [0.5, 0.6) is 0 Å². The number of hydrogen-bond acceptors (Lipinski definition) is 4. The van der Waals surface area contributed by atoms with Crippen LogP contribution in [-0.4, -0.2) is 19.9 Å². The topological polar surface area (TPSA) is 42.9 Å². The number of pyridine rings is 1. The van der Waals surface area contributed by atoms with Gasteiger partial charge in [-0.15, -0.1) is 11.3 Å². The molecular formula is C10H11ClN2OS2. The monoisotopic (exact) mass is 274 g/mol. The zero-order valence-corrected chi connectivity index (χ0v) is 11.2. The summed E-state index contributed by atoms with van der Waals surface area (Å²) < 4.78 is 13.4. The van der Waals surface area contributed by atoms with Gasteiger partial charge in [0.05, 0.1) is 20.5 Å². The minimum Gasteiger partial charge on any atom is -0.252 e. The number of unbranched alkanes of at least 4 members (excludes halogenated alkanes) is 1. The van der Waals surface area contributed by atoms with E-state index in [0.717, 1.165) is 17.5 Å². The van der Waals surface area contributed by atoms with E-state index >= 15 is 0 Å². The third-order valence-corrected chi connectivity index (χ3v) is 5.01. The Morgan fingerprint density at radius 3 is 3.12 bits per heavy atom. The van der Waals surface area contributed by atoms with Crippen molar-refractivity contribution in [3.05, 3.63) is 17.3 Å². The highest BCUT2D eigenvalue weighted by atomic mass is 35.5. The number of hydrogen-bond donors (Lipinski definition) is 0. The quantitative estimate of drug-likeness (QED) is 0.859. The second kappa shape index (κ2) is 5.21. The number of rotatable bonds is 4. The number of fused-ring (bicyclic) bond motifs is 1. The first-order valence-corrected chi connectivity index (χ1v) is 7.52. The molecule has 0 N–H and O–H groups in total. The van der Waals surface area contributed by atoms with Crippen LogP contribution in [0.15, 0.2) is 16.6 Å². The van der Waals surface area contributed by atoms with Gasteiger partial charge in [0.15, 0.2) is 9.99 Å². The SMILES string of the molecule is CCCCS(=O)c1nc2ncc(Cl)cc2s1. The lowest BCUT2D eigenvalue weighted by atomic mass is 10.4. The molecule has 16 heavy (non-hydrogen) atoms. The van der Waals surface area contributed by atoms with Gasteiger partial charge in [-0.05, 0) is 12.5 Å². The minimum absolute atomic E-state index is 0.585. The molecule has 0 radical (unpaired) electrons. The first-order chi connectivity index (χ1) is 7.70. The Labute approximate surface area is 105 Å². The van der Waals surface area contributed by atoms with Crippen molar-refractivity contribution in [1.29, 1.82) is 0 Å². The number of halogens is 1.